The van der Waals surface area contributed by atoms with Gasteiger partial charge in [-0.25, -0.2) is 12.8 Å². The molecule has 1 heterocycles. The Bertz CT molecular complexity index is 867. The number of hydrogen-bond donors (Lipinski definition) is 0. The summed E-state index contributed by atoms with van der Waals surface area (Å²) in [6.45, 7) is 6.98. The molecule has 1 fully saturated rings. The van der Waals surface area contributed by atoms with Crippen LogP contribution in [0.1, 0.15) is 31.9 Å². The minimum Gasteiger partial charge on any atom is -0.371 e. The van der Waals surface area contributed by atoms with Gasteiger partial charge in [-0.3, -0.25) is 0 Å². The van der Waals surface area contributed by atoms with Gasteiger partial charge in [0.15, 0.2) is 0 Å². The van der Waals surface area contributed by atoms with Crippen LogP contribution in [0.3, 0.4) is 0 Å². The van der Waals surface area contributed by atoms with Crippen LogP contribution in [0.15, 0.2) is 53.4 Å². The van der Waals surface area contributed by atoms with E-state index in [9.17, 15) is 12.8 Å². The predicted octanol–water partition coefficient (Wildman–Crippen LogP) is 3.71. The molecule has 2 aromatic rings. The number of sulfonamides is 1. The van der Waals surface area contributed by atoms with Crippen molar-refractivity contribution in [2.45, 2.75) is 43.8 Å². The lowest BCUT2D eigenvalue weighted by atomic mass is 9.87. The molecule has 0 aliphatic carbocycles. The maximum Gasteiger partial charge on any atom is 0.243 e. The second kappa shape index (κ2) is 7.10. The lowest BCUT2D eigenvalue weighted by molar-refractivity contribution is -0.0304. The van der Waals surface area contributed by atoms with Crippen LogP contribution in [-0.2, 0) is 26.8 Å². The van der Waals surface area contributed by atoms with Gasteiger partial charge < -0.3 is 4.74 Å². The van der Waals surface area contributed by atoms with Crippen LogP contribution in [-0.4, -0.2) is 31.9 Å². The fourth-order valence-corrected chi connectivity index (χ4v) is 4.30. The second-order valence-electron chi connectivity index (χ2n) is 7.62. The molecule has 1 aliphatic heterocycles. The maximum atomic E-state index is 13.6. The van der Waals surface area contributed by atoms with E-state index in [2.05, 4.69) is 20.8 Å². The fourth-order valence-electron chi connectivity index (χ4n) is 2.80. The highest BCUT2D eigenvalue weighted by atomic mass is 32.2. The van der Waals surface area contributed by atoms with Gasteiger partial charge in [-0.15, -0.1) is 0 Å². The molecular weight excluding hydrogens is 353 g/mol. The van der Waals surface area contributed by atoms with Crippen LogP contribution in [0.5, 0.6) is 0 Å². The summed E-state index contributed by atoms with van der Waals surface area (Å²) in [7, 11) is -3.51. The van der Waals surface area contributed by atoms with Gasteiger partial charge in [0.2, 0.25) is 10.0 Å². The molecule has 1 saturated heterocycles. The van der Waals surface area contributed by atoms with Crippen molar-refractivity contribution < 1.29 is 17.5 Å². The second-order valence-corrected chi connectivity index (χ2v) is 9.56. The van der Waals surface area contributed by atoms with Gasteiger partial charge in [0.25, 0.3) is 0 Å². The first kappa shape index (κ1) is 19.0. The Kier molecular flexibility index (Phi) is 5.19. The van der Waals surface area contributed by atoms with Gasteiger partial charge in [0.1, 0.15) is 5.82 Å². The number of halogens is 1. The monoisotopic (exact) mass is 377 g/mol. The van der Waals surface area contributed by atoms with E-state index in [-0.39, 0.29) is 41.9 Å². The zero-order valence-electron chi connectivity index (χ0n) is 15.3. The summed E-state index contributed by atoms with van der Waals surface area (Å²) in [5.74, 6) is -0.310. The Morgan fingerprint density at radius 1 is 1.08 bits per heavy atom. The van der Waals surface area contributed by atoms with E-state index in [4.69, 9.17) is 4.74 Å². The summed E-state index contributed by atoms with van der Waals surface area (Å²) in [5, 5.41) is 0. The SMILES string of the molecule is CC(C)(C)c1ccc(S(=O)(=O)N2CC(OCc3ccccc3F)C2)cc1. The summed E-state index contributed by atoms with van der Waals surface area (Å²) in [6.07, 6.45) is -0.210. The van der Waals surface area contributed by atoms with Crippen molar-refractivity contribution in [1.82, 2.24) is 4.31 Å². The average molecular weight is 377 g/mol. The molecule has 0 radical (unpaired) electrons. The first-order chi connectivity index (χ1) is 12.2. The highest BCUT2D eigenvalue weighted by Gasteiger charge is 2.37. The first-order valence-electron chi connectivity index (χ1n) is 8.63. The Morgan fingerprint density at radius 3 is 2.27 bits per heavy atom. The Morgan fingerprint density at radius 2 is 1.69 bits per heavy atom. The Hall–Kier alpha value is -1.76. The highest BCUT2D eigenvalue weighted by molar-refractivity contribution is 7.89. The molecule has 0 saturated carbocycles. The molecule has 0 unspecified atom stereocenters. The summed E-state index contributed by atoms with van der Waals surface area (Å²) >= 11 is 0. The molecule has 0 aromatic heterocycles. The molecule has 140 valence electrons. The van der Waals surface area contributed by atoms with Gasteiger partial charge in [-0.2, -0.15) is 4.31 Å². The van der Waals surface area contributed by atoms with Crippen molar-refractivity contribution >= 4 is 10.0 Å². The van der Waals surface area contributed by atoms with Crippen LogP contribution in [0.25, 0.3) is 0 Å². The van der Waals surface area contributed by atoms with Crippen molar-refractivity contribution in [3.05, 3.63) is 65.5 Å². The quantitative estimate of drug-likeness (QED) is 0.798. The van der Waals surface area contributed by atoms with Crippen LogP contribution in [0.2, 0.25) is 0 Å². The molecule has 4 nitrogen and oxygen atoms in total. The average Bonchev–Trinajstić information content (AvgIpc) is 2.54. The van der Waals surface area contributed by atoms with Crippen molar-refractivity contribution in [2.24, 2.45) is 0 Å². The summed E-state index contributed by atoms with van der Waals surface area (Å²) in [5.41, 5.74) is 1.54. The number of hydrogen-bond acceptors (Lipinski definition) is 3. The minimum atomic E-state index is -3.51. The molecule has 0 N–H and O–H groups in total. The van der Waals surface area contributed by atoms with E-state index >= 15 is 0 Å². The third-order valence-corrected chi connectivity index (χ3v) is 6.45. The lowest BCUT2D eigenvalue weighted by Gasteiger charge is -2.37. The van der Waals surface area contributed by atoms with Gasteiger partial charge in [-0.05, 0) is 29.2 Å². The van der Waals surface area contributed by atoms with Crippen LogP contribution in [0.4, 0.5) is 4.39 Å². The molecule has 0 atom stereocenters. The number of benzene rings is 2. The third kappa shape index (κ3) is 3.98. The molecular formula is C20H24FNO3S. The molecule has 3 rings (SSSR count). The Balaban J connectivity index is 1.58. The van der Waals surface area contributed by atoms with Crippen LogP contribution >= 0.6 is 0 Å². The normalized spacial score (nSPS) is 16.5. The fraction of sp³-hybridized carbons (Fsp3) is 0.400. The van der Waals surface area contributed by atoms with E-state index < -0.39 is 10.0 Å². The maximum absolute atomic E-state index is 13.6. The predicted molar refractivity (Wildman–Crippen MR) is 98.9 cm³/mol. The zero-order chi connectivity index (χ0) is 18.9. The zero-order valence-corrected chi connectivity index (χ0v) is 16.1. The van der Waals surface area contributed by atoms with Crippen molar-refractivity contribution in [3.63, 3.8) is 0 Å². The standard InChI is InChI=1S/C20H24FNO3S/c1-20(2,3)16-8-10-18(11-9-16)26(23,24)22-12-17(13-22)25-14-15-6-4-5-7-19(15)21/h4-11,17H,12-14H2,1-3H3. The van der Waals surface area contributed by atoms with Crippen molar-refractivity contribution in [2.75, 3.05) is 13.1 Å². The smallest absolute Gasteiger partial charge is 0.243 e. The van der Waals surface area contributed by atoms with Gasteiger partial charge >= 0.3 is 0 Å². The van der Waals surface area contributed by atoms with Crippen LogP contribution in [0, 0.1) is 5.82 Å². The first-order valence-corrected chi connectivity index (χ1v) is 10.1. The lowest BCUT2D eigenvalue weighted by Crippen LogP contribution is -2.54. The highest BCUT2D eigenvalue weighted by Crippen LogP contribution is 2.27. The van der Waals surface area contributed by atoms with E-state index in [0.29, 0.717) is 5.56 Å². The van der Waals surface area contributed by atoms with E-state index in [1.807, 2.05) is 12.1 Å². The summed E-state index contributed by atoms with van der Waals surface area (Å²) in [6, 6.07) is 13.5. The number of rotatable bonds is 5. The molecule has 6 heteroatoms. The molecule has 26 heavy (non-hydrogen) atoms. The summed E-state index contributed by atoms with van der Waals surface area (Å²) < 4.78 is 45.9. The number of ether oxygens (including phenoxy) is 1. The van der Waals surface area contributed by atoms with E-state index in [1.54, 1.807) is 30.3 Å². The molecule has 0 spiro atoms. The van der Waals surface area contributed by atoms with Gasteiger partial charge in [0.05, 0.1) is 17.6 Å². The van der Waals surface area contributed by atoms with Gasteiger partial charge in [0, 0.05) is 18.7 Å². The third-order valence-electron chi connectivity index (χ3n) is 4.61. The van der Waals surface area contributed by atoms with Crippen LogP contribution < -0.4 is 0 Å². The summed E-state index contributed by atoms with van der Waals surface area (Å²) in [4.78, 5) is 0.290. The number of nitrogens with zero attached hydrogens (tertiary/aromatic N) is 1. The minimum absolute atomic E-state index is 0.0231. The Labute approximate surface area is 154 Å². The molecule has 1 aliphatic rings. The molecule has 0 bridgehead atoms. The van der Waals surface area contributed by atoms with Crippen molar-refractivity contribution in [1.29, 1.82) is 0 Å². The molecule has 2 aromatic carbocycles. The van der Waals surface area contributed by atoms with Gasteiger partial charge in [-0.1, -0.05) is 51.1 Å². The molecule has 0 amide bonds. The topological polar surface area (TPSA) is 46.6 Å². The van der Waals surface area contributed by atoms with E-state index in [1.165, 1.54) is 10.4 Å². The van der Waals surface area contributed by atoms with Crippen molar-refractivity contribution in [3.8, 4) is 0 Å². The van der Waals surface area contributed by atoms with E-state index in [0.717, 1.165) is 5.56 Å². The largest absolute Gasteiger partial charge is 0.371 e.